The van der Waals surface area contributed by atoms with E-state index < -0.39 is 0 Å². The fraction of sp³-hybridized carbons (Fsp3) is 0.429. The van der Waals surface area contributed by atoms with Crippen molar-refractivity contribution in [1.29, 1.82) is 0 Å². The van der Waals surface area contributed by atoms with Gasteiger partial charge in [-0.25, -0.2) is 9.67 Å². The Balaban J connectivity index is 2.12. The van der Waals surface area contributed by atoms with E-state index >= 15 is 0 Å². The van der Waals surface area contributed by atoms with Gasteiger partial charge in [-0.3, -0.25) is 0 Å². The van der Waals surface area contributed by atoms with E-state index in [-0.39, 0.29) is 6.04 Å². The van der Waals surface area contributed by atoms with Crippen LogP contribution in [-0.4, -0.2) is 21.9 Å². The Morgan fingerprint density at radius 2 is 2.10 bits per heavy atom. The summed E-state index contributed by atoms with van der Waals surface area (Å²) in [4.78, 5) is 4.21. The largest absolute Gasteiger partial charge is 0.493 e. The van der Waals surface area contributed by atoms with Crippen LogP contribution >= 0.6 is 0 Å². The van der Waals surface area contributed by atoms with Gasteiger partial charge in [0, 0.05) is 12.6 Å². The third-order valence-electron chi connectivity index (χ3n) is 2.96. The molecular weight excluding hydrogens is 256 g/mol. The lowest BCUT2D eigenvalue weighted by Crippen LogP contribution is -2.11. The van der Waals surface area contributed by atoms with Crippen LogP contribution in [0.2, 0.25) is 0 Å². The molecule has 0 bridgehead atoms. The van der Waals surface area contributed by atoms with E-state index in [2.05, 4.69) is 23.9 Å². The molecule has 6 nitrogen and oxygen atoms in total. The van der Waals surface area contributed by atoms with Crippen LogP contribution in [0.15, 0.2) is 24.5 Å². The molecule has 0 saturated heterocycles. The predicted octanol–water partition coefficient (Wildman–Crippen LogP) is 1.91. The van der Waals surface area contributed by atoms with E-state index in [0.29, 0.717) is 24.7 Å². The molecule has 0 aliphatic heterocycles. The van der Waals surface area contributed by atoms with Gasteiger partial charge in [0.2, 0.25) is 0 Å². The predicted molar refractivity (Wildman–Crippen MR) is 75.6 cm³/mol. The van der Waals surface area contributed by atoms with E-state index in [4.69, 9.17) is 15.2 Å². The first-order valence-electron chi connectivity index (χ1n) is 6.54. The van der Waals surface area contributed by atoms with Crippen molar-refractivity contribution in [3.63, 3.8) is 0 Å². The lowest BCUT2D eigenvalue weighted by atomic mass is 10.2. The van der Waals surface area contributed by atoms with Gasteiger partial charge in [0.1, 0.15) is 12.9 Å². The van der Waals surface area contributed by atoms with Crippen molar-refractivity contribution in [2.24, 2.45) is 5.73 Å². The molecule has 0 fully saturated rings. The van der Waals surface area contributed by atoms with Crippen LogP contribution in [-0.2, 0) is 13.2 Å². The molecule has 0 atom stereocenters. The molecule has 2 N–H and O–H groups in total. The first-order chi connectivity index (χ1) is 9.65. The molecule has 1 aromatic carbocycles. The second kappa shape index (κ2) is 6.38. The van der Waals surface area contributed by atoms with Gasteiger partial charge in [-0.05, 0) is 31.5 Å². The van der Waals surface area contributed by atoms with Crippen molar-refractivity contribution >= 4 is 0 Å². The topological polar surface area (TPSA) is 75.2 Å². The van der Waals surface area contributed by atoms with Gasteiger partial charge in [-0.2, -0.15) is 5.10 Å². The Hall–Kier alpha value is -2.08. The second-order valence-electron chi connectivity index (χ2n) is 4.69. The maximum Gasteiger partial charge on any atom is 0.165 e. The molecule has 0 aliphatic rings. The van der Waals surface area contributed by atoms with Gasteiger partial charge < -0.3 is 15.2 Å². The van der Waals surface area contributed by atoms with Crippen molar-refractivity contribution < 1.29 is 9.47 Å². The average molecular weight is 276 g/mol. The number of nitrogens with zero attached hydrogens (tertiary/aromatic N) is 3. The molecule has 0 unspecified atom stereocenters. The van der Waals surface area contributed by atoms with Crippen LogP contribution in [0.3, 0.4) is 0 Å². The Kier molecular flexibility index (Phi) is 4.57. The number of benzene rings is 1. The van der Waals surface area contributed by atoms with E-state index in [0.717, 1.165) is 11.4 Å². The minimum Gasteiger partial charge on any atom is -0.493 e. The van der Waals surface area contributed by atoms with Crippen molar-refractivity contribution in [2.75, 3.05) is 7.11 Å². The zero-order chi connectivity index (χ0) is 14.5. The average Bonchev–Trinajstić information content (AvgIpc) is 2.93. The van der Waals surface area contributed by atoms with E-state index in [1.165, 1.54) is 6.33 Å². The fourth-order valence-electron chi connectivity index (χ4n) is 1.91. The highest BCUT2D eigenvalue weighted by Crippen LogP contribution is 2.28. The first kappa shape index (κ1) is 14.3. The standard InChI is InChI=1S/C14H20N4O2/c1-10(2)18-14(16-9-17-18)8-20-12-5-4-11(7-15)6-13(12)19-3/h4-6,9-10H,7-8,15H2,1-3H3. The van der Waals surface area contributed by atoms with Crippen LogP contribution in [0, 0.1) is 0 Å². The van der Waals surface area contributed by atoms with Crippen LogP contribution in [0.5, 0.6) is 11.5 Å². The van der Waals surface area contributed by atoms with E-state index in [1.807, 2.05) is 22.9 Å². The molecule has 20 heavy (non-hydrogen) atoms. The summed E-state index contributed by atoms with van der Waals surface area (Å²) in [5.74, 6) is 2.12. The quantitative estimate of drug-likeness (QED) is 0.872. The zero-order valence-electron chi connectivity index (χ0n) is 12.0. The summed E-state index contributed by atoms with van der Waals surface area (Å²) in [5.41, 5.74) is 6.61. The van der Waals surface area contributed by atoms with Gasteiger partial charge >= 0.3 is 0 Å². The molecule has 0 amide bonds. The number of aromatic nitrogens is 3. The molecule has 0 radical (unpaired) electrons. The molecule has 1 heterocycles. The lowest BCUT2D eigenvalue weighted by Gasteiger charge is -2.13. The molecule has 2 aromatic rings. The van der Waals surface area contributed by atoms with Crippen LogP contribution < -0.4 is 15.2 Å². The summed E-state index contributed by atoms with van der Waals surface area (Å²) in [5, 5.41) is 4.18. The maximum atomic E-state index is 5.77. The Bertz CT molecular complexity index is 566. The summed E-state index contributed by atoms with van der Waals surface area (Å²) in [6.45, 7) is 4.92. The van der Waals surface area contributed by atoms with Crippen molar-refractivity contribution in [2.45, 2.75) is 33.0 Å². The number of hydrogen-bond acceptors (Lipinski definition) is 5. The molecular formula is C14H20N4O2. The smallest absolute Gasteiger partial charge is 0.165 e. The minimum absolute atomic E-state index is 0.248. The van der Waals surface area contributed by atoms with Crippen LogP contribution in [0.4, 0.5) is 0 Å². The van der Waals surface area contributed by atoms with Gasteiger partial charge in [0.05, 0.1) is 7.11 Å². The molecule has 2 rings (SSSR count). The first-order valence-corrected chi connectivity index (χ1v) is 6.54. The van der Waals surface area contributed by atoms with Crippen LogP contribution in [0.25, 0.3) is 0 Å². The summed E-state index contributed by atoms with van der Waals surface area (Å²) >= 11 is 0. The number of nitrogens with two attached hydrogens (primary N) is 1. The minimum atomic E-state index is 0.248. The van der Waals surface area contributed by atoms with Gasteiger partial charge in [0.25, 0.3) is 0 Å². The third-order valence-corrected chi connectivity index (χ3v) is 2.96. The van der Waals surface area contributed by atoms with Gasteiger partial charge in [-0.15, -0.1) is 0 Å². The van der Waals surface area contributed by atoms with Crippen LogP contribution in [0.1, 0.15) is 31.3 Å². The molecule has 6 heteroatoms. The van der Waals surface area contributed by atoms with Gasteiger partial charge in [-0.1, -0.05) is 6.07 Å². The van der Waals surface area contributed by atoms with Crippen molar-refractivity contribution in [3.8, 4) is 11.5 Å². The number of methoxy groups -OCH3 is 1. The summed E-state index contributed by atoms with van der Waals surface area (Å²) in [6.07, 6.45) is 1.54. The molecule has 1 aromatic heterocycles. The van der Waals surface area contributed by atoms with Gasteiger partial charge in [0.15, 0.2) is 17.3 Å². The van der Waals surface area contributed by atoms with E-state index in [9.17, 15) is 0 Å². The second-order valence-corrected chi connectivity index (χ2v) is 4.69. The summed E-state index contributed by atoms with van der Waals surface area (Å²) < 4.78 is 12.9. The Morgan fingerprint density at radius 3 is 2.75 bits per heavy atom. The van der Waals surface area contributed by atoms with Crippen molar-refractivity contribution in [3.05, 3.63) is 35.9 Å². The number of hydrogen-bond donors (Lipinski definition) is 1. The Morgan fingerprint density at radius 1 is 1.30 bits per heavy atom. The normalized spacial score (nSPS) is 10.8. The fourth-order valence-corrected chi connectivity index (χ4v) is 1.91. The molecule has 0 aliphatic carbocycles. The molecule has 108 valence electrons. The monoisotopic (exact) mass is 276 g/mol. The maximum absolute atomic E-state index is 5.77. The molecule has 0 spiro atoms. The highest BCUT2D eigenvalue weighted by Gasteiger charge is 2.10. The van der Waals surface area contributed by atoms with Crippen molar-refractivity contribution in [1.82, 2.24) is 14.8 Å². The highest BCUT2D eigenvalue weighted by molar-refractivity contribution is 5.42. The lowest BCUT2D eigenvalue weighted by molar-refractivity contribution is 0.266. The number of ether oxygens (including phenoxy) is 2. The number of rotatable bonds is 6. The SMILES string of the molecule is COc1cc(CN)ccc1OCc1ncnn1C(C)C. The zero-order valence-corrected chi connectivity index (χ0v) is 12.0. The van der Waals surface area contributed by atoms with E-state index in [1.54, 1.807) is 7.11 Å². The Labute approximate surface area is 118 Å². The summed E-state index contributed by atoms with van der Waals surface area (Å²) in [6, 6.07) is 5.91. The highest BCUT2D eigenvalue weighted by atomic mass is 16.5. The third kappa shape index (κ3) is 3.08. The summed E-state index contributed by atoms with van der Waals surface area (Å²) in [7, 11) is 1.61. The molecule has 0 saturated carbocycles.